The molecule has 0 bridgehead atoms. The van der Waals surface area contributed by atoms with Gasteiger partial charge in [-0.1, -0.05) is 11.6 Å². The maximum absolute atomic E-state index is 13.8. The lowest BCUT2D eigenvalue weighted by molar-refractivity contribution is 0.0981. The zero-order valence-corrected chi connectivity index (χ0v) is 10.3. The molecule has 1 rings (SSSR count). The van der Waals surface area contributed by atoms with Crippen molar-refractivity contribution >= 4 is 17.4 Å². The summed E-state index contributed by atoms with van der Waals surface area (Å²) in [6, 6.07) is 1.26. The summed E-state index contributed by atoms with van der Waals surface area (Å²) in [5.74, 6) is -0.967. The number of hydrogen-bond donors (Lipinski definition) is 1. The van der Waals surface area contributed by atoms with Crippen LogP contribution in [-0.2, 0) is 0 Å². The highest BCUT2D eigenvalue weighted by Crippen LogP contribution is 2.38. The van der Waals surface area contributed by atoms with Crippen LogP contribution in [0.3, 0.4) is 0 Å². The molecule has 94 valence electrons. The molecule has 0 aliphatic heterocycles. The van der Waals surface area contributed by atoms with Gasteiger partial charge in [0.05, 0.1) is 19.8 Å². The molecule has 6 heteroatoms. The van der Waals surface area contributed by atoms with E-state index < -0.39 is 11.6 Å². The summed E-state index contributed by atoms with van der Waals surface area (Å²) >= 11 is 5.76. The Labute approximate surface area is 103 Å². The van der Waals surface area contributed by atoms with Gasteiger partial charge in [0.15, 0.2) is 23.1 Å². The van der Waals surface area contributed by atoms with Gasteiger partial charge in [0, 0.05) is 6.42 Å². The zero-order chi connectivity index (χ0) is 13.0. The zero-order valence-electron chi connectivity index (χ0n) is 9.55. The van der Waals surface area contributed by atoms with Crippen molar-refractivity contribution in [3.63, 3.8) is 0 Å². The van der Waals surface area contributed by atoms with Gasteiger partial charge in [-0.25, -0.2) is 4.39 Å². The number of nitrogens with two attached hydrogens (primary N) is 1. The van der Waals surface area contributed by atoms with E-state index in [0.29, 0.717) is 0 Å². The molecule has 1 aromatic carbocycles. The van der Waals surface area contributed by atoms with Crippen molar-refractivity contribution in [1.29, 1.82) is 0 Å². The normalized spacial score (nSPS) is 10.2. The number of methoxy groups -OCH3 is 2. The average molecular weight is 262 g/mol. The molecular formula is C11H13ClFNO3. The Morgan fingerprint density at radius 1 is 1.47 bits per heavy atom. The van der Waals surface area contributed by atoms with E-state index in [1.807, 2.05) is 0 Å². The fraction of sp³-hybridized carbons (Fsp3) is 0.364. The van der Waals surface area contributed by atoms with Gasteiger partial charge >= 0.3 is 0 Å². The van der Waals surface area contributed by atoms with E-state index >= 15 is 0 Å². The number of carbonyl (C=O) groups is 1. The summed E-state index contributed by atoms with van der Waals surface area (Å²) in [6.07, 6.45) is 0.0444. The second kappa shape index (κ2) is 5.84. The Morgan fingerprint density at radius 2 is 2.12 bits per heavy atom. The highest BCUT2D eigenvalue weighted by molar-refractivity contribution is 6.33. The van der Waals surface area contributed by atoms with Crippen LogP contribution in [0.5, 0.6) is 11.5 Å². The molecule has 0 aliphatic rings. The lowest BCUT2D eigenvalue weighted by atomic mass is 10.1. The van der Waals surface area contributed by atoms with Crippen LogP contribution in [0, 0.1) is 5.82 Å². The molecule has 0 aromatic heterocycles. The fourth-order valence-electron chi connectivity index (χ4n) is 1.40. The molecule has 0 unspecified atom stereocenters. The van der Waals surface area contributed by atoms with Crippen LogP contribution in [0.25, 0.3) is 0 Å². The van der Waals surface area contributed by atoms with Crippen LogP contribution in [0.1, 0.15) is 16.8 Å². The Balaban J connectivity index is 3.34. The number of Topliss-reactive ketones (excluding diaryl/α,β-unsaturated/α-hetero) is 1. The van der Waals surface area contributed by atoms with Crippen molar-refractivity contribution in [3.8, 4) is 11.5 Å². The van der Waals surface area contributed by atoms with Crippen molar-refractivity contribution in [2.75, 3.05) is 20.8 Å². The first-order chi connectivity index (χ1) is 8.06. The van der Waals surface area contributed by atoms with Crippen LogP contribution in [-0.4, -0.2) is 26.5 Å². The lowest BCUT2D eigenvalue weighted by Crippen LogP contribution is -2.10. The van der Waals surface area contributed by atoms with Crippen LogP contribution in [0.4, 0.5) is 4.39 Å². The quantitative estimate of drug-likeness (QED) is 0.824. The predicted molar refractivity (Wildman–Crippen MR) is 62.5 cm³/mol. The molecule has 1 aromatic rings. The van der Waals surface area contributed by atoms with Crippen molar-refractivity contribution in [2.24, 2.45) is 5.73 Å². The van der Waals surface area contributed by atoms with Gasteiger partial charge in [0.1, 0.15) is 5.02 Å². The summed E-state index contributed by atoms with van der Waals surface area (Å²) in [7, 11) is 2.72. The molecule has 0 saturated heterocycles. The minimum Gasteiger partial charge on any atom is -0.493 e. The molecule has 0 heterocycles. The minimum absolute atomic E-state index is 0.0444. The summed E-state index contributed by atoms with van der Waals surface area (Å²) in [5.41, 5.74) is 5.11. The van der Waals surface area contributed by atoms with Crippen molar-refractivity contribution in [2.45, 2.75) is 6.42 Å². The van der Waals surface area contributed by atoms with Gasteiger partial charge in [-0.05, 0) is 12.6 Å². The molecule has 0 saturated carbocycles. The lowest BCUT2D eigenvalue weighted by Gasteiger charge is -2.12. The first kappa shape index (κ1) is 13.7. The van der Waals surface area contributed by atoms with Gasteiger partial charge in [-0.3, -0.25) is 4.79 Å². The predicted octanol–water partition coefficient (Wildman–Crippen LogP) is 2.03. The molecule has 0 atom stereocenters. The van der Waals surface area contributed by atoms with Crippen LogP contribution in [0.2, 0.25) is 5.02 Å². The van der Waals surface area contributed by atoms with E-state index in [1.54, 1.807) is 0 Å². The largest absolute Gasteiger partial charge is 0.493 e. The van der Waals surface area contributed by atoms with Crippen molar-refractivity contribution in [3.05, 3.63) is 22.5 Å². The third-order valence-electron chi connectivity index (χ3n) is 2.22. The second-order valence-corrected chi connectivity index (χ2v) is 3.63. The number of benzene rings is 1. The van der Waals surface area contributed by atoms with Gasteiger partial charge in [0.2, 0.25) is 0 Å². The van der Waals surface area contributed by atoms with E-state index in [0.717, 1.165) is 0 Å². The standard InChI is InChI=1S/C11H13ClFNO3/c1-16-8-5-6(7(15)3-4-14)10(13)9(12)11(8)17-2/h5H,3-4,14H2,1-2H3. The Bertz CT molecular complexity index is 437. The smallest absolute Gasteiger partial charge is 0.182 e. The Kier molecular flexibility index (Phi) is 4.72. The van der Waals surface area contributed by atoms with Crippen LogP contribution >= 0.6 is 11.6 Å². The molecule has 4 nitrogen and oxygen atoms in total. The van der Waals surface area contributed by atoms with Gasteiger partial charge in [0.25, 0.3) is 0 Å². The number of carbonyl (C=O) groups excluding carboxylic acids is 1. The van der Waals surface area contributed by atoms with Crippen molar-refractivity contribution < 1.29 is 18.7 Å². The Hall–Kier alpha value is -1.33. The van der Waals surface area contributed by atoms with E-state index in [2.05, 4.69) is 0 Å². The summed E-state index contributed by atoms with van der Waals surface area (Å²) < 4.78 is 23.7. The fourth-order valence-corrected chi connectivity index (χ4v) is 1.67. The third kappa shape index (κ3) is 2.68. The number of halogens is 2. The summed E-state index contributed by atoms with van der Waals surface area (Å²) in [4.78, 5) is 11.6. The van der Waals surface area contributed by atoms with E-state index in [1.165, 1.54) is 20.3 Å². The molecule has 17 heavy (non-hydrogen) atoms. The molecule has 0 fully saturated rings. The first-order valence-electron chi connectivity index (χ1n) is 4.90. The first-order valence-corrected chi connectivity index (χ1v) is 5.27. The maximum Gasteiger partial charge on any atom is 0.182 e. The highest BCUT2D eigenvalue weighted by Gasteiger charge is 2.21. The topological polar surface area (TPSA) is 61.5 Å². The highest BCUT2D eigenvalue weighted by atomic mass is 35.5. The Morgan fingerprint density at radius 3 is 2.59 bits per heavy atom. The van der Waals surface area contributed by atoms with E-state index in [-0.39, 0.29) is 35.1 Å². The molecular weight excluding hydrogens is 249 g/mol. The maximum atomic E-state index is 13.8. The van der Waals surface area contributed by atoms with E-state index in [9.17, 15) is 9.18 Å². The molecule has 0 radical (unpaired) electrons. The average Bonchev–Trinajstić information content (AvgIpc) is 2.32. The molecule has 0 amide bonds. The van der Waals surface area contributed by atoms with Crippen LogP contribution < -0.4 is 15.2 Å². The van der Waals surface area contributed by atoms with Crippen molar-refractivity contribution in [1.82, 2.24) is 0 Å². The summed E-state index contributed by atoms with van der Waals surface area (Å²) in [5, 5.41) is -0.271. The number of ether oxygens (including phenoxy) is 2. The van der Waals surface area contributed by atoms with E-state index in [4.69, 9.17) is 26.8 Å². The number of rotatable bonds is 5. The molecule has 0 aliphatic carbocycles. The SMILES string of the molecule is COc1cc(C(=O)CCN)c(F)c(Cl)c1OC. The third-order valence-corrected chi connectivity index (χ3v) is 2.56. The molecule has 2 N–H and O–H groups in total. The van der Waals surface area contributed by atoms with Gasteiger partial charge in [-0.2, -0.15) is 0 Å². The number of ketones is 1. The summed E-state index contributed by atoms with van der Waals surface area (Å²) in [6.45, 7) is 0.143. The monoisotopic (exact) mass is 261 g/mol. The van der Waals surface area contributed by atoms with Gasteiger partial charge in [-0.15, -0.1) is 0 Å². The second-order valence-electron chi connectivity index (χ2n) is 3.25. The van der Waals surface area contributed by atoms with Gasteiger partial charge < -0.3 is 15.2 Å². The minimum atomic E-state index is -0.817. The molecule has 0 spiro atoms. The van der Waals surface area contributed by atoms with Crippen LogP contribution in [0.15, 0.2) is 6.07 Å². The number of hydrogen-bond acceptors (Lipinski definition) is 4.